The van der Waals surface area contributed by atoms with Crippen LogP contribution in [0.25, 0.3) is 0 Å². The largest absolute Gasteiger partial charge is 0.481 e. The summed E-state index contributed by atoms with van der Waals surface area (Å²) in [7, 11) is 0. The van der Waals surface area contributed by atoms with Crippen LogP contribution in [0.5, 0.6) is 0 Å². The molecule has 1 aliphatic rings. The second-order valence-electron chi connectivity index (χ2n) is 8.65. The number of hydrogen-bond donors (Lipinski definition) is 3. The van der Waals surface area contributed by atoms with E-state index in [0.717, 1.165) is 22.5 Å². The van der Waals surface area contributed by atoms with Crippen LogP contribution in [0.2, 0.25) is 0 Å². The van der Waals surface area contributed by atoms with Crippen molar-refractivity contribution in [2.45, 2.75) is 31.7 Å². The van der Waals surface area contributed by atoms with Crippen LogP contribution < -0.4 is 10.6 Å². The number of carboxylic acids is 1. The van der Waals surface area contributed by atoms with Crippen LogP contribution >= 0.6 is 0 Å². The van der Waals surface area contributed by atoms with Crippen molar-refractivity contribution in [3.8, 4) is 0 Å². The molecule has 3 atom stereocenters. The average Bonchev–Trinajstić information content (AvgIpc) is 2.79. The van der Waals surface area contributed by atoms with E-state index >= 15 is 0 Å². The summed E-state index contributed by atoms with van der Waals surface area (Å²) in [5.41, 5.74) is 3.92. The third-order valence-electron chi connectivity index (χ3n) is 6.13. The molecule has 2 aromatic carbocycles. The third kappa shape index (κ3) is 5.73. The molecular formula is C26H27F2N3O2. The second-order valence-corrected chi connectivity index (χ2v) is 8.65. The molecular weight excluding hydrogens is 424 g/mol. The van der Waals surface area contributed by atoms with Crippen LogP contribution in [0.3, 0.4) is 0 Å². The fourth-order valence-electron chi connectivity index (χ4n) is 4.46. The highest BCUT2D eigenvalue weighted by Gasteiger charge is 2.28. The number of nitrogens with zero attached hydrogens (tertiary/aromatic N) is 1. The van der Waals surface area contributed by atoms with Crippen LogP contribution in [0, 0.1) is 17.6 Å². The minimum absolute atomic E-state index is 0.00759. The monoisotopic (exact) mass is 451 g/mol. The molecule has 0 aliphatic carbocycles. The average molecular weight is 452 g/mol. The van der Waals surface area contributed by atoms with Gasteiger partial charge in [-0.05, 0) is 41.2 Å². The first-order chi connectivity index (χ1) is 15.9. The predicted molar refractivity (Wildman–Crippen MR) is 123 cm³/mol. The molecule has 3 aromatic rings. The number of rotatable bonds is 8. The van der Waals surface area contributed by atoms with E-state index in [0.29, 0.717) is 25.1 Å². The fourth-order valence-corrected chi connectivity index (χ4v) is 4.46. The number of halogens is 2. The topological polar surface area (TPSA) is 74.2 Å². The first-order valence-corrected chi connectivity index (χ1v) is 11.1. The maximum Gasteiger partial charge on any atom is 0.307 e. The highest BCUT2D eigenvalue weighted by Crippen LogP contribution is 2.32. The highest BCUT2D eigenvalue weighted by atomic mass is 19.1. The van der Waals surface area contributed by atoms with Gasteiger partial charge in [-0.2, -0.15) is 0 Å². The normalized spacial score (nSPS) is 17.0. The van der Waals surface area contributed by atoms with Crippen molar-refractivity contribution in [1.82, 2.24) is 10.3 Å². The number of aromatic nitrogens is 1. The standard InChI is InChI=1S/C26H27F2N3O2/c1-16(19-7-17(9-25(32)33)8-21(27)10-19)13-31-26(18-5-3-2-4-6-18)20-11-23-24(29-14-20)12-22(28)15-30-23/h2-8,10,12,15-16,20,26,29,31H,9,11,13-14H2,1H3,(H,32,33)/t16-,20+,26-/m1/s1. The Morgan fingerprint density at radius 2 is 1.94 bits per heavy atom. The van der Waals surface area contributed by atoms with Gasteiger partial charge in [0, 0.05) is 31.1 Å². The Balaban J connectivity index is 1.52. The van der Waals surface area contributed by atoms with E-state index in [-0.39, 0.29) is 30.1 Å². The Hall–Kier alpha value is -3.32. The van der Waals surface area contributed by atoms with Gasteiger partial charge in [-0.3, -0.25) is 9.78 Å². The summed E-state index contributed by atoms with van der Waals surface area (Å²) in [6, 6.07) is 16.1. The molecule has 33 heavy (non-hydrogen) atoms. The molecule has 5 nitrogen and oxygen atoms in total. The first kappa shape index (κ1) is 22.9. The molecule has 0 saturated heterocycles. The predicted octanol–water partition coefficient (Wildman–Crippen LogP) is 4.71. The minimum atomic E-state index is -0.986. The number of carboxylic acid groups (broad SMARTS) is 1. The molecule has 1 aliphatic heterocycles. The molecule has 4 rings (SSSR count). The molecule has 0 unspecified atom stereocenters. The summed E-state index contributed by atoms with van der Waals surface area (Å²) in [5.74, 6) is -1.62. The third-order valence-corrected chi connectivity index (χ3v) is 6.13. The second kappa shape index (κ2) is 10.1. The minimum Gasteiger partial charge on any atom is -0.481 e. The molecule has 1 aromatic heterocycles. The quantitative estimate of drug-likeness (QED) is 0.463. The lowest BCUT2D eigenvalue weighted by Crippen LogP contribution is -2.37. The zero-order valence-corrected chi connectivity index (χ0v) is 18.4. The van der Waals surface area contributed by atoms with Crippen LogP contribution in [0.15, 0.2) is 60.8 Å². The molecule has 0 amide bonds. The van der Waals surface area contributed by atoms with Gasteiger partial charge in [0.15, 0.2) is 0 Å². The van der Waals surface area contributed by atoms with E-state index in [2.05, 4.69) is 27.8 Å². The van der Waals surface area contributed by atoms with Gasteiger partial charge in [-0.25, -0.2) is 8.78 Å². The Morgan fingerprint density at radius 3 is 2.70 bits per heavy atom. The number of benzene rings is 2. The van der Waals surface area contributed by atoms with Crippen LogP contribution in [0.1, 0.15) is 41.3 Å². The van der Waals surface area contributed by atoms with E-state index in [1.807, 2.05) is 25.1 Å². The Morgan fingerprint density at radius 1 is 1.15 bits per heavy atom. The Kier molecular flexibility index (Phi) is 6.99. The zero-order valence-electron chi connectivity index (χ0n) is 18.4. The molecule has 0 bridgehead atoms. The van der Waals surface area contributed by atoms with Crippen molar-refractivity contribution in [1.29, 1.82) is 0 Å². The smallest absolute Gasteiger partial charge is 0.307 e. The summed E-state index contributed by atoms with van der Waals surface area (Å²) in [6.07, 6.45) is 1.74. The lowest BCUT2D eigenvalue weighted by atomic mass is 9.86. The van der Waals surface area contributed by atoms with Gasteiger partial charge in [-0.1, -0.05) is 43.3 Å². The zero-order chi connectivity index (χ0) is 23.4. The van der Waals surface area contributed by atoms with E-state index in [1.165, 1.54) is 24.4 Å². The number of fused-ring (bicyclic) bond motifs is 1. The van der Waals surface area contributed by atoms with E-state index in [4.69, 9.17) is 5.11 Å². The molecule has 0 radical (unpaired) electrons. The number of hydrogen-bond acceptors (Lipinski definition) is 4. The van der Waals surface area contributed by atoms with Gasteiger partial charge >= 0.3 is 5.97 Å². The number of anilines is 1. The van der Waals surface area contributed by atoms with Crippen molar-refractivity contribution in [3.05, 3.63) is 94.8 Å². The number of nitrogens with one attached hydrogen (secondary N) is 2. The van der Waals surface area contributed by atoms with Crippen molar-refractivity contribution < 1.29 is 18.7 Å². The molecule has 2 heterocycles. The molecule has 0 fully saturated rings. The van der Waals surface area contributed by atoms with Crippen LogP contribution in [0.4, 0.5) is 14.5 Å². The summed E-state index contributed by atoms with van der Waals surface area (Å²) in [4.78, 5) is 15.3. The first-order valence-electron chi connectivity index (χ1n) is 11.1. The van der Waals surface area contributed by atoms with Crippen LogP contribution in [-0.4, -0.2) is 29.1 Å². The Labute approximate surface area is 191 Å². The molecule has 0 spiro atoms. The van der Waals surface area contributed by atoms with Gasteiger partial charge in [0.25, 0.3) is 0 Å². The SMILES string of the molecule is C[C@H](CN[C@H](c1ccccc1)[C@@H]1CNc2cc(F)cnc2C1)c1cc(F)cc(CC(=O)O)c1. The van der Waals surface area contributed by atoms with Gasteiger partial charge in [0.05, 0.1) is 24.0 Å². The summed E-state index contributed by atoms with van der Waals surface area (Å²) in [6.45, 7) is 3.24. The molecule has 0 saturated carbocycles. The molecule has 172 valence electrons. The van der Waals surface area contributed by atoms with Crippen LogP contribution in [-0.2, 0) is 17.6 Å². The highest BCUT2D eigenvalue weighted by molar-refractivity contribution is 5.70. The molecule has 3 N–H and O–H groups in total. The number of aliphatic carboxylic acids is 1. The van der Waals surface area contributed by atoms with Gasteiger partial charge < -0.3 is 15.7 Å². The van der Waals surface area contributed by atoms with Crippen molar-refractivity contribution >= 4 is 11.7 Å². The maximum atomic E-state index is 14.1. The van der Waals surface area contributed by atoms with Crippen molar-refractivity contribution in [3.63, 3.8) is 0 Å². The fraction of sp³-hybridized carbons (Fsp3) is 0.308. The molecule has 7 heteroatoms. The number of carbonyl (C=O) groups is 1. The van der Waals surface area contributed by atoms with E-state index in [1.54, 1.807) is 6.07 Å². The number of pyridine rings is 1. The lowest BCUT2D eigenvalue weighted by Gasteiger charge is -2.33. The lowest BCUT2D eigenvalue weighted by molar-refractivity contribution is -0.136. The summed E-state index contributed by atoms with van der Waals surface area (Å²) >= 11 is 0. The van der Waals surface area contributed by atoms with Gasteiger partial charge in [0.2, 0.25) is 0 Å². The maximum absolute atomic E-state index is 14.1. The summed E-state index contributed by atoms with van der Waals surface area (Å²) in [5, 5.41) is 16.0. The van der Waals surface area contributed by atoms with E-state index in [9.17, 15) is 13.6 Å². The van der Waals surface area contributed by atoms with Gasteiger partial charge in [0.1, 0.15) is 11.6 Å². The van der Waals surface area contributed by atoms with Crippen molar-refractivity contribution in [2.75, 3.05) is 18.4 Å². The summed E-state index contributed by atoms with van der Waals surface area (Å²) < 4.78 is 27.6. The Bertz CT molecular complexity index is 1120. The van der Waals surface area contributed by atoms with Gasteiger partial charge in [-0.15, -0.1) is 0 Å². The van der Waals surface area contributed by atoms with Crippen molar-refractivity contribution in [2.24, 2.45) is 5.92 Å². The van der Waals surface area contributed by atoms with E-state index < -0.39 is 11.8 Å².